The fraction of sp³-hybridized carbons (Fsp3) is 0.500. The maximum Gasteiger partial charge on any atom is 0.243 e. The number of nitrogens with zero attached hydrogens (tertiary/aromatic N) is 1. The predicted molar refractivity (Wildman–Crippen MR) is 71.9 cm³/mol. The highest BCUT2D eigenvalue weighted by atomic mass is 19.1. The van der Waals surface area contributed by atoms with Gasteiger partial charge in [-0.3, -0.25) is 4.79 Å². The van der Waals surface area contributed by atoms with Gasteiger partial charge in [0.1, 0.15) is 5.82 Å². The van der Waals surface area contributed by atoms with Crippen LogP contribution < -0.4 is 10.6 Å². The molecule has 0 fully saturated rings. The summed E-state index contributed by atoms with van der Waals surface area (Å²) in [5.74, 6) is -0.150. The summed E-state index contributed by atoms with van der Waals surface area (Å²) in [6.45, 7) is 6.37. The second-order valence-electron chi connectivity index (χ2n) is 4.80. The molecule has 1 atom stereocenters. The Balaban J connectivity index is 2.86. The Bertz CT molecular complexity index is 407. The van der Waals surface area contributed by atoms with Gasteiger partial charge in [-0.2, -0.15) is 0 Å². The molecule has 4 heteroatoms. The Labute approximate surface area is 108 Å². The number of rotatable bonds is 5. The van der Waals surface area contributed by atoms with Crippen molar-refractivity contribution in [2.45, 2.75) is 33.2 Å². The zero-order chi connectivity index (χ0) is 13.7. The lowest BCUT2D eigenvalue weighted by Crippen LogP contribution is -2.44. The molecule has 0 aliphatic rings. The fourth-order valence-corrected chi connectivity index (χ4v) is 1.92. The van der Waals surface area contributed by atoms with Gasteiger partial charge in [-0.25, -0.2) is 4.39 Å². The molecule has 1 amide bonds. The summed E-state index contributed by atoms with van der Waals surface area (Å²) in [7, 11) is 0. The molecule has 0 radical (unpaired) electrons. The van der Waals surface area contributed by atoms with Crippen LogP contribution in [0, 0.1) is 11.7 Å². The zero-order valence-corrected chi connectivity index (χ0v) is 11.2. The van der Waals surface area contributed by atoms with Crippen LogP contribution in [0.3, 0.4) is 0 Å². The summed E-state index contributed by atoms with van der Waals surface area (Å²) >= 11 is 0. The third-order valence-corrected chi connectivity index (χ3v) is 2.74. The van der Waals surface area contributed by atoms with E-state index < -0.39 is 6.04 Å². The van der Waals surface area contributed by atoms with Crippen molar-refractivity contribution in [2.24, 2.45) is 11.7 Å². The number of carbonyl (C=O) groups excluding carboxylic acids is 1. The first-order chi connectivity index (χ1) is 8.45. The average Bonchev–Trinajstić information content (AvgIpc) is 2.29. The SMILES string of the molecule is CCN(C(=O)[C@H](N)CC(C)C)c1cccc(F)c1. The van der Waals surface area contributed by atoms with E-state index in [0.717, 1.165) is 0 Å². The number of anilines is 1. The summed E-state index contributed by atoms with van der Waals surface area (Å²) in [6.07, 6.45) is 0.630. The van der Waals surface area contributed by atoms with Gasteiger partial charge < -0.3 is 10.6 Å². The third-order valence-electron chi connectivity index (χ3n) is 2.74. The first-order valence-electron chi connectivity index (χ1n) is 6.28. The zero-order valence-electron chi connectivity index (χ0n) is 11.2. The minimum atomic E-state index is -0.534. The molecule has 0 aliphatic heterocycles. The first-order valence-corrected chi connectivity index (χ1v) is 6.28. The van der Waals surface area contributed by atoms with E-state index in [2.05, 4.69) is 0 Å². The van der Waals surface area contributed by atoms with Gasteiger partial charge in [-0.15, -0.1) is 0 Å². The second-order valence-corrected chi connectivity index (χ2v) is 4.80. The Kier molecular flexibility index (Phi) is 5.28. The van der Waals surface area contributed by atoms with Crippen molar-refractivity contribution in [3.8, 4) is 0 Å². The van der Waals surface area contributed by atoms with Crippen LogP contribution in [0.25, 0.3) is 0 Å². The molecule has 100 valence electrons. The lowest BCUT2D eigenvalue weighted by atomic mass is 10.0. The van der Waals surface area contributed by atoms with Gasteiger partial charge in [0.2, 0.25) is 5.91 Å². The maximum atomic E-state index is 13.2. The van der Waals surface area contributed by atoms with Crippen LogP contribution in [0.4, 0.5) is 10.1 Å². The lowest BCUT2D eigenvalue weighted by molar-refractivity contribution is -0.120. The molecule has 3 nitrogen and oxygen atoms in total. The van der Waals surface area contributed by atoms with Gasteiger partial charge >= 0.3 is 0 Å². The van der Waals surface area contributed by atoms with Gasteiger partial charge in [-0.05, 0) is 37.5 Å². The Hall–Kier alpha value is -1.42. The molecule has 0 unspecified atom stereocenters. The molecular formula is C14H21FN2O. The number of nitrogens with two attached hydrogens (primary N) is 1. The standard InChI is InChI=1S/C14H21FN2O/c1-4-17(12-7-5-6-11(15)9-12)14(18)13(16)8-10(2)3/h5-7,9-10,13H,4,8,16H2,1-3H3/t13-/m1/s1. The number of carbonyl (C=O) groups is 1. The number of benzene rings is 1. The van der Waals surface area contributed by atoms with Crippen LogP contribution in [-0.4, -0.2) is 18.5 Å². The molecule has 1 rings (SSSR count). The Morgan fingerprint density at radius 1 is 1.44 bits per heavy atom. The molecule has 1 aromatic rings. The topological polar surface area (TPSA) is 46.3 Å². The maximum absolute atomic E-state index is 13.2. The lowest BCUT2D eigenvalue weighted by Gasteiger charge is -2.25. The van der Waals surface area contributed by atoms with E-state index in [1.807, 2.05) is 20.8 Å². The van der Waals surface area contributed by atoms with Crippen LogP contribution in [-0.2, 0) is 4.79 Å². The van der Waals surface area contributed by atoms with E-state index >= 15 is 0 Å². The normalized spacial score (nSPS) is 12.6. The summed E-state index contributed by atoms with van der Waals surface area (Å²) in [4.78, 5) is 13.7. The minimum absolute atomic E-state index is 0.156. The largest absolute Gasteiger partial charge is 0.320 e. The summed E-state index contributed by atoms with van der Waals surface area (Å²) in [5, 5.41) is 0. The molecule has 0 heterocycles. The van der Waals surface area contributed by atoms with Crippen LogP contribution in [0.5, 0.6) is 0 Å². The second kappa shape index (κ2) is 6.50. The van der Waals surface area contributed by atoms with E-state index in [1.54, 1.807) is 12.1 Å². The highest BCUT2D eigenvalue weighted by Gasteiger charge is 2.22. The van der Waals surface area contributed by atoms with Gasteiger partial charge in [0, 0.05) is 12.2 Å². The predicted octanol–water partition coefficient (Wildman–Crippen LogP) is 2.55. The molecule has 0 saturated heterocycles. The highest BCUT2D eigenvalue weighted by Crippen LogP contribution is 2.17. The van der Waals surface area contributed by atoms with Crippen LogP contribution in [0.2, 0.25) is 0 Å². The van der Waals surface area contributed by atoms with Gasteiger partial charge in [-0.1, -0.05) is 19.9 Å². The van der Waals surface area contributed by atoms with Gasteiger partial charge in [0.25, 0.3) is 0 Å². The fourth-order valence-electron chi connectivity index (χ4n) is 1.92. The van der Waals surface area contributed by atoms with Crippen LogP contribution >= 0.6 is 0 Å². The summed E-state index contributed by atoms with van der Waals surface area (Å²) in [6, 6.07) is 5.48. The molecular weight excluding hydrogens is 231 g/mol. The number of likely N-dealkylation sites (N-methyl/N-ethyl adjacent to an activating group) is 1. The minimum Gasteiger partial charge on any atom is -0.320 e. The smallest absolute Gasteiger partial charge is 0.243 e. The summed E-state index contributed by atoms with van der Waals surface area (Å²) in [5.41, 5.74) is 6.44. The van der Waals surface area contributed by atoms with E-state index in [0.29, 0.717) is 24.6 Å². The quantitative estimate of drug-likeness (QED) is 0.875. The van der Waals surface area contributed by atoms with Crippen LogP contribution in [0.15, 0.2) is 24.3 Å². The highest BCUT2D eigenvalue weighted by molar-refractivity contribution is 5.96. The van der Waals surface area contributed by atoms with Crippen molar-refractivity contribution in [1.29, 1.82) is 0 Å². The van der Waals surface area contributed by atoms with E-state index in [1.165, 1.54) is 17.0 Å². The average molecular weight is 252 g/mol. The molecule has 2 N–H and O–H groups in total. The monoisotopic (exact) mass is 252 g/mol. The van der Waals surface area contributed by atoms with Crippen molar-refractivity contribution in [2.75, 3.05) is 11.4 Å². The number of hydrogen-bond donors (Lipinski definition) is 1. The first kappa shape index (κ1) is 14.6. The van der Waals surface area contributed by atoms with Crippen molar-refractivity contribution in [3.05, 3.63) is 30.1 Å². The molecule has 0 saturated carbocycles. The van der Waals surface area contributed by atoms with E-state index in [-0.39, 0.29) is 11.7 Å². The number of amides is 1. The van der Waals surface area contributed by atoms with E-state index in [4.69, 9.17) is 5.73 Å². The van der Waals surface area contributed by atoms with Gasteiger partial charge in [0.15, 0.2) is 0 Å². The number of hydrogen-bond acceptors (Lipinski definition) is 2. The molecule has 0 spiro atoms. The van der Waals surface area contributed by atoms with Crippen molar-refractivity contribution in [3.63, 3.8) is 0 Å². The number of halogens is 1. The van der Waals surface area contributed by atoms with Crippen molar-refractivity contribution in [1.82, 2.24) is 0 Å². The summed E-state index contributed by atoms with van der Waals surface area (Å²) < 4.78 is 13.2. The molecule has 0 aromatic heterocycles. The Morgan fingerprint density at radius 2 is 2.11 bits per heavy atom. The van der Waals surface area contributed by atoms with E-state index in [9.17, 15) is 9.18 Å². The third kappa shape index (κ3) is 3.81. The van der Waals surface area contributed by atoms with Crippen molar-refractivity contribution < 1.29 is 9.18 Å². The van der Waals surface area contributed by atoms with Crippen molar-refractivity contribution >= 4 is 11.6 Å². The molecule has 18 heavy (non-hydrogen) atoms. The Morgan fingerprint density at radius 3 is 2.61 bits per heavy atom. The molecule has 0 bridgehead atoms. The molecule has 0 aliphatic carbocycles. The molecule has 1 aromatic carbocycles. The van der Waals surface area contributed by atoms with Gasteiger partial charge in [0.05, 0.1) is 6.04 Å². The van der Waals surface area contributed by atoms with Crippen LogP contribution in [0.1, 0.15) is 27.2 Å².